The summed E-state index contributed by atoms with van der Waals surface area (Å²) < 4.78 is 74.4. The Morgan fingerprint density at radius 3 is 1.81 bits per heavy atom. The second kappa shape index (κ2) is 22.5. The molecule has 2 aliphatic heterocycles. The minimum Gasteiger partial charge on any atom is -0.0622 e. The summed E-state index contributed by atoms with van der Waals surface area (Å²) in [5.74, 6) is -1.90. The van der Waals surface area contributed by atoms with Gasteiger partial charge in [0.2, 0.25) is 0 Å². The van der Waals surface area contributed by atoms with E-state index < -0.39 is 50.8 Å². The minimum absolute atomic E-state index is 0.0156. The number of hydrogen-bond donors (Lipinski definition) is 1. The summed E-state index contributed by atoms with van der Waals surface area (Å²) in [5, 5.41) is 7.38. The number of carbonyl (C=O) groups excluding carboxylic acids is 2. The van der Waals surface area contributed by atoms with E-state index >= 15 is 0 Å². The SMILES string of the molecule is COC(=O)CCCO[C@@H]1OC(COB=N)[C@@H](C)[C@H](C)C1O[C@H]1OC(COP(=O)(OCc2ccccc2)OCc2ccccc2)[C@@H](C)[C@H](C)C1OC(=O)c1ccccc1. The first-order valence-electron chi connectivity index (χ1n) is 19.6. The van der Waals surface area contributed by atoms with Crippen LogP contribution in [-0.2, 0) is 69.2 Å². The van der Waals surface area contributed by atoms with Crippen LogP contribution in [0.5, 0.6) is 0 Å². The maximum absolute atomic E-state index is 14.3. The van der Waals surface area contributed by atoms with E-state index in [0.29, 0.717) is 12.0 Å². The Morgan fingerprint density at radius 2 is 1.24 bits per heavy atom. The molecule has 4 unspecified atom stereocenters. The van der Waals surface area contributed by atoms with E-state index in [1.165, 1.54) is 7.11 Å². The van der Waals surface area contributed by atoms with Crippen molar-refractivity contribution in [2.24, 2.45) is 23.7 Å². The zero-order valence-electron chi connectivity index (χ0n) is 33.7. The zero-order valence-corrected chi connectivity index (χ0v) is 34.6. The molecule has 2 fully saturated rings. The third kappa shape index (κ3) is 12.9. The molecule has 0 aromatic heterocycles. The molecule has 58 heavy (non-hydrogen) atoms. The Hall–Kier alpha value is -3.79. The average molecular weight is 824 g/mol. The fourth-order valence-corrected chi connectivity index (χ4v) is 7.98. The van der Waals surface area contributed by atoms with Crippen molar-refractivity contribution in [2.75, 3.05) is 26.9 Å². The molecule has 2 saturated heterocycles. The molecule has 0 bridgehead atoms. The zero-order chi connectivity index (χ0) is 41.5. The van der Waals surface area contributed by atoms with Crippen LogP contribution in [0.2, 0.25) is 0 Å². The Kier molecular flexibility index (Phi) is 17.6. The molecule has 0 aliphatic carbocycles. The minimum atomic E-state index is -4.17. The molecule has 2 heterocycles. The molecular formula is C42H55BNO13P. The van der Waals surface area contributed by atoms with E-state index in [1.54, 1.807) is 24.3 Å². The number of carbonyl (C=O) groups is 2. The Labute approximate surface area is 341 Å². The van der Waals surface area contributed by atoms with Crippen molar-refractivity contribution in [1.82, 2.24) is 0 Å². The van der Waals surface area contributed by atoms with Gasteiger partial charge in [-0.15, -0.1) is 0 Å². The predicted octanol–water partition coefficient (Wildman–Crippen LogP) is 7.52. The van der Waals surface area contributed by atoms with Crippen LogP contribution >= 0.6 is 7.82 Å². The van der Waals surface area contributed by atoms with Crippen LogP contribution in [-0.4, -0.2) is 83.1 Å². The van der Waals surface area contributed by atoms with Gasteiger partial charge in [-0.2, -0.15) is 0 Å². The Bertz CT molecular complexity index is 1710. The van der Waals surface area contributed by atoms with Gasteiger partial charge in [-0.25, -0.2) is 4.57 Å². The van der Waals surface area contributed by atoms with Gasteiger partial charge >= 0.3 is 213 Å². The summed E-state index contributed by atoms with van der Waals surface area (Å²) in [5.41, 5.74) is 1.94. The fourth-order valence-electron chi connectivity index (χ4n) is 6.81. The third-order valence-corrected chi connectivity index (χ3v) is 12.2. The molecule has 2 aliphatic rings. The van der Waals surface area contributed by atoms with Crippen LogP contribution in [0.4, 0.5) is 0 Å². The summed E-state index contributed by atoms with van der Waals surface area (Å²) in [6, 6.07) is 27.2. The summed E-state index contributed by atoms with van der Waals surface area (Å²) in [6.45, 7) is 7.90. The van der Waals surface area contributed by atoms with Crippen LogP contribution in [0, 0.1) is 29.0 Å². The molecule has 0 amide bonds. The quantitative estimate of drug-likeness (QED) is 0.0486. The van der Waals surface area contributed by atoms with Gasteiger partial charge in [-0.1, -0.05) is 78.9 Å². The van der Waals surface area contributed by atoms with Gasteiger partial charge in [-0.3, -0.25) is 9.05 Å². The number of nitrogens with one attached hydrogen (secondary N) is 1. The summed E-state index contributed by atoms with van der Waals surface area (Å²) in [6.07, 6.45) is -4.38. The molecule has 0 saturated carbocycles. The molecule has 3 aromatic carbocycles. The van der Waals surface area contributed by atoms with Gasteiger partial charge in [0.25, 0.3) is 0 Å². The van der Waals surface area contributed by atoms with Crippen molar-refractivity contribution in [3.63, 3.8) is 0 Å². The maximum atomic E-state index is 14.3. The van der Waals surface area contributed by atoms with Gasteiger partial charge in [-0.05, 0) is 23.3 Å². The van der Waals surface area contributed by atoms with Crippen molar-refractivity contribution in [3.8, 4) is 0 Å². The van der Waals surface area contributed by atoms with Gasteiger partial charge in [0.1, 0.15) is 0 Å². The molecule has 0 spiro atoms. The van der Waals surface area contributed by atoms with Gasteiger partial charge < -0.3 is 0 Å². The molecule has 14 nitrogen and oxygen atoms in total. The monoisotopic (exact) mass is 823 g/mol. The number of benzene rings is 3. The number of esters is 2. The third-order valence-electron chi connectivity index (χ3n) is 10.8. The van der Waals surface area contributed by atoms with Crippen LogP contribution in [0.1, 0.15) is 62.0 Å². The molecule has 16 heteroatoms. The predicted molar refractivity (Wildman–Crippen MR) is 212 cm³/mol. The second-order valence-corrected chi connectivity index (χ2v) is 16.3. The van der Waals surface area contributed by atoms with Crippen LogP contribution in [0.15, 0.2) is 91.0 Å². The molecule has 5 rings (SSSR count). The number of rotatable bonds is 21. The average Bonchev–Trinajstić information content (AvgIpc) is 3.25. The normalized spacial score (nSPS) is 27.3. The van der Waals surface area contributed by atoms with E-state index in [2.05, 4.69) is 0 Å². The first kappa shape index (κ1) is 45.3. The Morgan fingerprint density at radius 1 is 0.707 bits per heavy atom. The number of hydrogen-bond acceptors (Lipinski definition) is 14. The van der Waals surface area contributed by atoms with Gasteiger partial charge in [0, 0.05) is 0 Å². The number of phosphoric ester groups is 1. The molecule has 314 valence electrons. The summed E-state index contributed by atoms with van der Waals surface area (Å²) in [7, 11) is -1.98. The summed E-state index contributed by atoms with van der Waals surface area (Å²) >= 11 is 0. The van der Waals surface area contributed by atoms with Crippen molar-refractivity contribution in [3.05, 3.63) is 108 Å². The van der Waals surface area contributed by atoms with Crippen molar-refractivity contribution < 1.29 is 60.8 Å². The number of phosphoric acid groups is 1. The molecule has 1 N–H and O–H groups in total. The standard InChI is InChI=1S/C42H55BNO13P/c1-28-30(3)38(41(54-35(28)26-50-43-44)49-23-15-22-37(45)48-5)57-42-39(56-40(46)34-20-13-8-14-21-34)31(4)29(2)36(55-42)27-53-58(47,51-24-32-16-9-6-10-17-32)52-25-33-18-11-7-12-19-33/h6-14,16-21,28-31,35-36,38-39,41-42,44H,15,22-27H2,1-5H3/t28-,29-,30-,31-,35?,36?,38?,39?,41+,42+/m0/s1. The molecule has 10 atom stereocenters. The van der Waals surface area contributed by atoms with E-state index in [0.717, 1.165) is 18.4 Å². The molecule has 0 radical (unpaired) electrons. The van der Waals surface area contributed by atoms with Crippen molar-refractivity contribution >= 4 is 27.0 Å². The van der Waals surface area contributed by atoms with Crippen molar-refractivity contribution in [1.29, 1.82) is 5.31 Å². The summed E-state index contributed by atoms with van der Waals surface area (Å²) in [4.78, 5) is 25.4. The first-order valence-corrected chi connectivity index (χ1v) is 21.1. The number of methoxy groups -OCH3 is 1. The van der Waals surface area contributed by atoms with E-state index in [4.69, 9.17) is 52.0 Å². The smallest absolute Gasteiger partial charge is 0.0622 e. The molecular weight excluding hydrogens is 768 g/mol. The first-order chi connectivity index (χ1) is 28.0. The van der Waals surface area contributed by atoms with Gasteiger partial charge in [0.15, 0.2) is 0 Å². The number of ether oxygens (including phenoxy) is 6. The van der Waals surface area contributed by atoms with Crippen LogP contribution in [0.3, 0.4) is 0 Å². The van der Waals surface area contributed by atoms with E-state index in [1.807, 2.05) is 94.4 Å². The topological polar surface area (TPSA) is 167 Å². The second-order valence-electron chi connectivity index (χ2n) is 14.6. The van der Waals surface area contributed by atoms with Crippen LogP contribution in [0.25, 0.3) is 0 Å². The van der Waals surface area contributed by atoms with Crippen LogP contribution < -0.4 is 0 Å². The Balaban J connectivity index is 1.39. The molecule has 3 aromatic rings. The fraction of sp³-hybridized carbons (Fsp3) is 0.524. The van der Waals surface area contributed by atoms with E-state index in [-0.39, 0.29) is 69.1 Å². The van der Waals surface area contributed by atoms with Crippen molar-refractivity contribution in [2.45, 2.75) is 90.7 Å². The van der Waals surface area contributed by atoms with Gasteiger partial charge in [0.05, 0.1) is 13.2 Å². The van der Waals surface area contributed by atoms with E-state index in [9.17, 15) is 14.2 Å².